The molecule has 0 radical (unpaired) electrons. The molecule has 1 N–H and O–H groups in total. The Hall–Kier alpha value is -0.610. The zero-order valence-electron chi connectivity index (χ0n) is 9.20. The summed E-state index contributed by atoms with van der Waals surface area (Å²) in [7, 11) is 0. The lowest BCUT2D eigenvalue weighted by Gasteiger charge is -2.01. The summed E-state index contributed by atoms with van der Waals surface area (Å²) in [6.45, 7) is 2.16. The Labute approximate surface area is 104 Å². The standard InChI is InChI=1S/C11H15ClN2OS/c1-2-7-3-9(7)14-10(15)4-11-13-8(5-12)6-16-11/h6-7,9H,2-5H2,1H3,(H,14,15). The number of thiazole rings is 1. The summed E-state index contributed by atoms with van der Waals surface area (Å²) in [5, 5.41) is 5.78. The molecule has 0 aliphatic heterocycles. The number of rotatable bonds is 5. The van der Waals surface area contributed by atoms with E-state index in [1.807, 2.05) is 5.38 Å². The van der Waals surface area contributed by atoms with Crippen LogP contribution < -0.4 is 5.32 Å². The molecule has 1 aromatic heterocycles. The minimum Gasteiger partial charge on any atom is -0.353 e. The number of alkyl halides is 1. The van der Waals surface area contributed by atoms with E-state index in [-0.39, 0.29) is 5.91 Å². The quantitative estimate of drug-likeness (QED) is 0.824. The van der Waals surface area contributed by atoms with Crippen molar-refractivity contribution in [2.45, 2.75) is 38.1 Å². The molecule has 1 aliphatic rings. The second kappa shape index (κ2) is 5.15. The van der Waals surface area contributed by atoms with Crippen molar-refractivity contribution in [2.24, 2.45) is 5.92 Å². The highest BCUT2D eigenvalue weighted by Gasteiger charge is 2.36. The Kier molecular flexibility index (Phi) is 3.82. The van der Waals surface area contributed by atoms with Gasteiger partial charge in [0.15, 0.2) is 0 Å². The van der Waals surface area contributed by atoms with Crippen LogP contribution in [0, 0.1) is 5.92 Å². The maximum absolute atomic E-state index is 11.6. The van der Waals surface area contributed by atoms with Gasteiger partial charge in [0.2, 0.25) is 5.91 Å². The van der Waals surface area contributed by atoms with E-state index in [2.05, 4.69) is 17.2 Å². The van der Waals surface area contributed by atoms with Crippen LogP contribution in [0.1, 0.15) is 30.5 Å². The molecular weight excluding hydrogens is 244 g/mol. The molecule has 5 heteroatoms. The molecule has 1 saturated carbocycles. The second-order valence-corrected chi connectivity index (χ2v) is 5.33. The van der Waals surface area contributed by atoms with Crippen LogP contribution in [0.25, 0.3) is 0 Å². The largest absolute Gasteiger partial charge is 0.353 e. The first-order chi connectivity index (χ1) is 7.72. The number of amides is 1. The number of nitrogens with zero attached hydrogens (tertiary/aromatic N) is 1. The van der Waals surface area contributed by atoms with Crippen LogP contribution in [0.15, 0.2) is 5.38 Å². The molecule has 2 atom stereocenters. The van der Waals surface area contributed by atoms with E-state index in [0.717, 1.165) is 23.5 Å². The van der Waals surface area contributed by atoms with Crippen LogP contribution >= 0.6 is 22.9 Å². The highest BCUT2D eigenvalue weighted by Crippen LogP contribution is 2.33. The molecule has 0 bridgehead atoms. The fourth-order valence-corrected chi connectivity index (χ4v) is 2.78. The van der Waals surface area contributed by atoms with Crippen molar-refractivity contribution in [3.8, 4) is 0 Å². The third kappa shape index (κ3) is 2.95. The van der Waals surface area contributed by atoms with Gasteiger partial charge in [-0.3, -0.25) is 4.79 Å². The molecule has 2 unspecified atom stereocenters. The van der Waals surface area contributed by atoms with Gasteiger partial charge in [-0.15, -0.1) is 22.9 Å². The number of hydrogen-bond acceptors (Lipinski definition) is 3. The molecule has 1 aliphatic carbocycles. The normalized spacial score (nSPS) is 23.1. The van der Waals surface area contributed by atoms with Gasteiger partial charge < -0.3 is 5.32 Å². The number of carbonyl (C=O) groups is 1. The fraction of sp³-hybridized carbons (Fsp3) is 0.636. The number of carbonyl (C=O) groups excluding carboxylic acids is 1. The zero-order chi connectivity index (χ0) is 11.5. The van der Waals surface area contributed by atoms with Gasteiger partial charge in [-0.1, -0.05) is 13.3 Å². The molecule has 88 valence electrons. The van der Waals surface area contributed by atoms with Crippen LogP contribution in [-0.4, -0.2) is 16.9 Å². The topological polar surface area (TPSA) is 42.0 Å². The summed E-state index contributed by atoms with van der Waals surface area (Å²) in [6.07, 6.45) is 2.67. The summed E-state index contributed by atoms with van der Waals surface area (Å²) in [6, 6.07) is 0.407. The van der Waals surface area contributed by atoms with E-state index in [1.165, 1.54) is 11.3 Å². The first-order valence-corrected chi connectivity index (χ1v) is 6.93. The van der Waals surface area contributed by atoms with Crippen molar-refractivity contribution in [3.63, 3.8) is 0 Å². The van der Waals surface area contributed by atoms with E-state index >= 15 is 0 Å². The van der Waals surface area contributed by atoms with Crippen molar-refractivity contribution < 1.29 is 4.79 Å². The molecule has 1 heterocycles. The Bertz CT molecular complexity index is 380. The van der Waals surface area contributed by atoms with Gasteiger partial charge in [0.25, 0.3) is 0 Å². The summed E-state index contributed by atoms with van der Waals surface area (Å²) in [4.78, 5) is 15.9. The van der Waals surface area contributed by atoms with Crippen LogP contribution in [0.4, 0.5) is 0 Å². The third-order valence-electron chi connectivity index (χ3n) is 2.84. The summed E-state index contributed by atoms with van der Waals surface area (Å²) in [5.41, 5.74) is 0.854. The van der Waals surface area contributed by atoms with Gasteiger partial charge in [-0.25, -0.2) is 4.98 Å². The highest BCUT2D eigenvalue weighted by molar-refractivity contribution is 7.09. The van der Waals surface area contributed by atoms with Crippen LogP contribution in [0.2, 0.25) is 0 Å². The Morgan fingerprint density at radius 2 is 2.56 bits per heavy atom. The van der Waals surface area contributed by atoms with Crippen molar-refractivity contribution in [2.75, 3.05) is 0 Å². The lowest BCUT2D eigenvalue weighted by Crippen LogP contribution is -2.28. The van der Waals surface area contributed by atoms with Crippen molar-refractivity contribution >= 4 is 28.8 Å². The molecule has 1 aromatic rings. The summed E-state index contributed by atoms with van der Waals surface area (Å²) in [5.74, 6) is 1.19. The predicted molar refractivity (Wildman–Crippen MR) is 65.7 cm³/mol. The minimum atomic E-state index is 0.0800. The Morgan fingerprint density at radius 3 is 3.12 bits per heavy atom. The second-order valence-electron chi connectivity index (χ2n) is 4.12. The smallest absolute Gasteiger partial charge is 0.227 e. The molecule has 0 saturated heterocycles. The number of hydrogen-bond donors (Lipinski definition) is 1. The SMILES string of the molecule is CCC1CC1NC(=O)Cc1nc(CCl)cs1. The number of aromatic nitrogens is 1. The zero-order valence-corrected chi connectivity index (χ0v) is 10.8. The molecule has 16 heavy (non-hydrogen) atoms. The Balaban J connectivity index is 1.79. The van der Waals surface area contributed by atoms with Gasteiger partial charge >= 0.3 is 0 Å². The van der Waals surface area contributed by atoms with E-state index in [1.54, 1.807) is 0 Å². The monoisotopic (exact) mass is 258 g/mol. The van der Waals surface area contributed by atoms with Gasteiger partial charge in [0, 0.05) is 11.4 Å². The Morgan fingerprint density at radius 1 is 1.75 bits per heavy atom. The van der Waals surface area contributed by atoms with E-state index < -0.39 is 0 Å². The number of nitrogens with one attached hydrogen (secondary N) is 1. The summed E-state index contributed by atoms with van der Waals surface area (Å²) >= 11 is 7.15. The molecule has 2 rings (SSSR count). The first kappa shape index (κ1) is 11.9. The average molecular weight is 259 g/mol. The van der Waals surface area contributed by atoms with Crippen molar-refractivity contribution in [3.05, 3.63) is 16.1 Å². The highest BCUT2D eigenvalue weighted by atomic mass is 35.5. The molecule has 1 amide bonds. The van der Waals surface area contributed by atoms with Crippen LogP contribution in [0.3, 0.4) is 0 Å². The van der Waals surface area contributed by atoms with Crippen molar-refractivity contribution in [1.29, 1.82) is 0 Å². The molecule has 3 nitrogen and oxygen atoms in total. The van der Waals surface area contributed by atoms with Crippen LogP contribution in [-0.2, 0) is 17.1 Å². The van der Waals surface area contributed by atoms with E-state index in [4.69, 9.17) is 11.6 Å². The van der Waals surface area contributed by atoms with Gasteiger partial charge in [0.05, 0.1) is 18.0 Å². The maximum atomic E-state index is 11.6. The average Bonchev–Trinajstić information content (AvgIpc) is 2.85. The van der Waals surface area contributed by atoms with Crippen molar-refractivity contribution in [1.82, 2.24) is 10.3 Å². The molecule has 1 fully saturated rings. The maximum Gasteiger partial charge on any atom is 0.227 e. The van der Waals surface area contributed by atoms with Gasteiger partial charge in [-0.05, 0) is 12.3 Å². The third-order valence-corrected chi connectivity index (χ3v) is 4.01. The van der Waals surface area contributed by atoms with Gasteiger partial charge in [0.1, 0.15) is 5.01 Å². The van der Waals surface area contributed by atoms with Gasteiger partial charge in [-0.2, -0.15) is 0 Å². The molecule has 0 aromatic carbocycles. The molecular formula is C11H15ClN2OS. The first-order valence-electron chi connectivity index (χ1n) is 5.51. The van der Waals surface area contributed by atoms with E-state index in [0.29, 0.717) is 24.3 Å². The lowest BCUT2D eigenvalue weighted by molar-refractivity contribution is -0.120. The molecule has 0 spiro atoms. The predicted octanol–water partition coefficient (Wildman–Crippen LogP) is 2.34. The summed E-state index contributed by atoms with van der Waals surface area (Å²) < 4.78 is 0. The fourth-order valence-electron chi connectivity index (χ4n) is 1.76. The minimum absolute atomic E-state index is 0.0800. The number of halogens is 1. The van der Waals surface area contributed by atoms with Crippen LogP contribution in [0.5, 0.6) is 0 Å². The van der Waals surface area contributed by atoms with E-state index in [9.17, 15) is 4.79 Å². The lowest BCUT2D eigenvalue weighted by atomic mass is 10.3.